The van der Waals surface area contributed by atoms with Gasteiger partial charge in [0.1, 0.15) is 22.6 Å². The monoisotopic (exact) mass is 657 g/mol. The van der Waals surface area contributed by atoms with Crippen LogP contribution in [0.2, 0.25) is 8.11 Å². The molecule has 45 heavy (non-hydrogen) atoms. The first kappa shape index (κ1) is 30.3. The molecule has 5 rings (SSSR count). The molecule has 0 saturated heterocycles. The predicted octanol–water partition coefficient (Wildman–Crippen LogP) is -1.61. The van der Waals surface area contributed by atoms with Gasteiger partial charge in [-0.25, -0.2) is 19.0 Å². The number of phenolic OH excluding ortho intramolecular Hbond substituents is 2. The van der Waals surface area contributed by atoms with Crippen molar-refractivity contribution < 1.29 is 59.0 Å². The Kier molecular flexibility index (Phi) is 9.96. The summed E-state index contributed by atoms with van der Waals surface area (Å²) in [4.78, 5) is 57.4. The molecule has 0 bridgehead atoms. The molecule has 0 amide bonds. The van der Waals surface area contributed by atoms with Gasteiger partial charge in [0, 0.05) is 0 Å². The summed E-state index contributed by atoms with van der Waals surface area (Å²) in [6.07, 6.45) is 2.73. The van der Waals surface area contributed by atoms with Crippen molar-refractivity contribution in [3.63, 3.8) is 0 Å². The van der Waals surface area contributed by atoms with E-state index in [4.69, 9.17) is 29.0 Å². The number of carbonyl (C=O) groups is 3. The van der Waals surface area contributed by atoms with E-state index in [1.165, 1.54) is 53.4 Å². The molecular formula is C26H19Cl2N9O8. The number of nitrogens with zero attached hydrogens (tertiary/aromatic N) is 7. The van der Waals surface area contributed by atoms with Gasteiger partial charge in [0.25, 0.3) is 0 Å². The van der Waals surface area contributed by atoms with Gasteiger partial charge in [-0.1, -0.05) is 24.3 Å². The van der Waals surface area contributed by atoms with Gasteiger partial charge in [-0.15, -0.1) is 4.98 Å². The number of carboxylic acid groups (broad SMARTS) is 1. The van der Waals surface area contributed by atoms with E-state index in [1.54, 1.807) is 24.3 Å². The van der Waals surface area contributed by atoms with Crippen LogP contribution >= 0.6 is 11.6 Å². The first-order valence-electron chi connectivity index (χ1n) is 12.9. The Morgan fingerprint density at radius 2 is 1.29 bits per heavy atom. The normalized spacial score (nSPS) is 10.4. The first-order valence-corrected chi connectivity index (χ1v) is 12.2. The number of aromatic nitrogens is 7. The fourth-order valence-corrected chi connectivity index (χ4v) is 3.33. The van der Waals surface area contributed by atoms with Gasteiger partial charge in [-0.05, 0) is 58.0 Å². The van der Waals surface area contributed by atoms with E-state index in [2.05, 4.69) is 29.9 Å². The molecule has 17 nitrogen and oxygen atoms in total. The highest BCUT2D eigenvalue weighted by atomic mass is 35.5. The number of pyridine rings is 1. The number of rotatable bonds is 8. The Labute approximate surface area is 266 Å². The number of nitrogen functional groups attached to an aromatic ring is 2. The summed E-state index contributed by atoms with van der Waals surface area (Å²) in [5.41, 5.74) is 3.69. The van der Waals surface area contributed by atoms with Gasteiger partial charge >= 0.3 is 41.8 Å². The number of para-hydroxylation sites is 2. The second-order valence-corrected chi connectivity index (χ2v) is 8.41. The number of hydrogen-bond acceptors (Lipinski definition) is 15. The second kappa shape index (κ2) is 14.8. The highest BCUT2D eigenvalue weighted by Gasteiger charge is 2.22. The molecule has 2 aromatic carbocycles. The zero-order valence-corrected chi connectivity index (χ0v) is 23.7. The van der Waals surface area contributed by atoms with Crippen molar-refractivity contribution in [2.45, 2.75) is 0 Å². The minimum Gasteiger partial charge on any atom is -1.00 e. The number of ether oxygens (including phenoxy) is 2. The van der Waals surface area contributed by atoms with Crippen LogP contribution in [0, 0.1) is 0 Å². The first-order chi connectivity index (χ1) is 22.1. The van der Waals surface area contributed by atoms with Gasteiger partial charge in [-0.2, -0.15) is 15.0 Å². The zero-order valence-electron chi connectivity index (χ0n) is 24.2. The number of carboxylic acids is 1. The van der Waals surface area contributed by atoms with E-state index in [0.717, 1.165) is 0 Å². The molecule has 5 aromatic rings. The predicted molar refractivity (Wildman–Crippen MR) is 148 cm³/mol. The fourth-order valence-electron chi connectivity index (χ4n) is 3.18. The van der Waals surface area contributed by atoms with E-state index in [0.29, 0.717) is 0 Å². The van der Waals surface area contributed by atoms with Gasteiger partial charge in [0.15, 0.2) is 2.82 Å². The highest BCUT2D eigenvalue weighted by molar-refractivity contribution is 6.28. The topological polar surface area (TPSA) is 264 Å². The molecule has 3 heterocycles. The molecule has 0 spiro atoms. The highest BCUT2D eigenvalue weighted by Crippen LogP contribution is 2.19. The lowest BCUT2D eigenvalue weighted by Gasteiger charge is -2.04. The molecule has 19 heteroatoms. The summed E-state index contributed by atoms with van der Waals surface area (Å²) in [7, 11) is 0. The maximum atomic E-state index is 12.2. The van der Waals surface area contributed by atoms with Crippen LogP contribution in [0.4, 0.5) is 11.9 Å². The largest absolute Gasteiger partial charge is 1.00 e. The van der Waals surface area contributed by atoms with Crippen molar-refractivity contribution in [3.8, 4) is 29.5 Å². The number of esters is 2. The van der Waals surface area contributed by atoms with Gasteiger partial charge in [0.05, 0.1) is 18.0 Å². The SMILES string of the molecule is [2H]Nc1nc(Cl)nc(OC(=O)c2ccccc2O)n1.[2H]Nc1nc(OC(=O)c2ccccc2O)nc(-[n+]2cccc(C(=O)O)c2)n1.[Cl-]. The summed E-state index contributed by atoms with van der Waals surface area (Å²) >= 11 is 5.56. The molecule has 0 aliphatic carbocycles. The van der Waals surface area contributed by atoms with Gasteiger partial charge in [0.2, 0.25) is 11.2 Å². The van der Waals surface area contributed by atoms with Crippen LogP contribution in [0.25, 0.3) is 5.95 Å². The lowest BCUT2D eigenvalue weighted by Crippen LogP contribution is -3.00. The number of aromatic carboxylic acids is 1. The number of halogens is 2. The van der Waals surface area contributed by atoms with Gasteiger partial charge < -0.3 is 48.7 Å². The molecule has 0 aliphatic heterocycles. The number of carbonyl (C=O) groups excluding carboxylic acids is 2. The summed E-state index contributed by atoms with van der Waals surface area (Å²) < 4.78 is 25.2. The van der Waals surface area contributed by atoms with Crippen molar-refractivity contribution in [1.82, 2.24) is 29.9 Å². The standard InChI is InChI=1S/C16H11N5O5.C10H7ClN4O3.ClH/c17-14-18-15(21-7-3-4-9(8-21)12(23)24)20-16(19-14)26-13(25)10-5-1-2-6-11(10)22;11-8-13-9(12)15-10(14-8)18-7(17)5-3-1-2-4-6(5)16;/h1-8H,(H3-,17,18,19,20,22,23,24,25);1-4,16H,(H2,12,13,14,15);1H/i/hD2. The summed E-state index contributed by atoms with van der Waals surface area (Å²) in [5, 5.41) is 28.1. The van der Waals surface area contributed by atoms with Crippen molar-refractivity contribution in [2.75, 3.05) is 11.5 Å². The van der Waals surface area contributed by atoms with Crippen molar-refractivity contribution in [1.29, 1.82) is 0 Å². The van der Waals surface area contributed by atoms with Crippen LogP contribution in [-0.2, 0) is 0 Å². The maximum absolute atomic E-state index is 12.2. The lowest BCUT2D eigenvalue weighted by molar-refractivity contribution is -0.603. The van der Waals surface area contributed by atoms with Crippen molar-refractivity contribution in [2.24, 2.45) is 0 Å². The third-order valence-corrected chi connectivity index (χ3v) is 5.25. The number of nitrogens with two attached hydrogens (primary N) is 2. The number of anilines is 2. The van der Waals surface area contributed by atoms with Crippen LogP contribution in [0.1, 0.15) is 31.1 Å². The summed E-state index contributed by atoms with van der Waals surface area (Å²) in [6, 6.07) is 13.6. The molecule has 7 N–H and O–H groups in total. The number of hydrogen-bond donors (Lipinski definition) is 5. The smallest absolute Gasteiger partial charge is 0.446 e. The Bertz CT molecular complexity index is 1930. The number of aromatic hydroxyl groups is 2. The van der Waals surface area contributed by atoms with Crippen LogP contribution in [-0.4, -0.2) is 63.1 Å². The molecule has 0 unspecified atom stereocenters. The fraction of sp³-hybridized carbons (Fsp3) is 0. The van der Waals surface area contributed by atoms with Crippen LogP contribution < -0.4 is 37.9 Å². The minimum absolute atomic E-state index is 0. The lowest BCUT2D eigenvalue weighted by atomic mass is 10.2. The average Bonchev–Trinajstić information content (AvgIpc) is 3.05. The zero-order chi connectivity index (χ0) is 33.2. The van der Waals surface area contributed by atoms with E-state index in [1.807, 2.05) is 11.5 Å². The Balaban J connectivity index is 0.000000265. The molecule has 230 valence electrons. The Morgan fingerprint density at radius 1 is 0.756 bits per heavy atom. The van der Waals surface area contributed by atoms with Crippen LogP contribution in [0.5, 0.6) is 23.5 Å². The molecule has 0 fully saturated rings. The summed E-state index contributed by atoms with van der Waals surface area (Å²) in [5.74, 6) is -3.90. The van der Waals surface area contributed by atoms with Crippen molar-refractivity contribution in [3.05, 3.63) is 95.0 Å². The minimum atomic E-state index is -1.15. The average molecular weight is 658 g/mol. The maximum Gasteiger partial charge on any atom is 0.446 e. The Hall–Kier alpha value is -6.20. The van der Waals surface area contributed by atoms with Crippen LogP contribution in [0.3, 0.4) is 0 Å². The third kappa shape index (κ3) is 8.89. The van der Waals surface area contributed by atoms with Crippen LogP contribution in [0.15, 0.2) is 73.1 Å². The summed E-state index contributed by atoms with van der Waals surface area (Å²) in [6.45, 7) is 0. The Morgan fingerprint density at radius 3 is 1.82 bits per heavy atom. The van der Waals surface area contributed by atoms with E-state index in [-0.39, 0.29) is 69.7 Å². The second-order valence-electron chi connectivity index (χ2n) is 8.07. The molecule has 0 saturated carbocycles. The molecule has 0 radical (unpaired) electrons. The number of phenols is 2. The quantitative estimate of drug-likeness (QED) is 0.0927. The van der Waals surface area contributed by atoms with Crippen molar-refractivity contribution >= 4 is 41.4 Å². The number of benzene rings is 2. The molecule has 0 atom stereocenters. The third-order valence-electron chi connectivity index (χ3n) is 5.09. The van der Waals surface area contributed by atoms with E-state index < -0.39 is 23.9 Å². The van der Waals surface area contributed by atoms with E-state index in [9.17, 15) is 24.6 Å². The van der Waals surface area contributed by atoms with Gasteiger partial charge in [-0.3, -0.25) is 0 Å². The molecule has 0 aliphatic rings. The molecular weight excluding hydrogens is 637 g/mol. The molecule has 3 aromatic heterocycles. The van der Waals surface area contributed by atoms with E-state index >= 15 is 0 Å².